The normalized spacial score (nSPS) is 15.9. The number of piperazine rings is 1. The van der Waals surface area contributed by atoms with E-state index in [2.05, 4.69) is 32.8 Å². The molecule has 0 unspecified atom stereocenters. The van der Waals surface area contributed by atoms with Crippen molar-refractivity contribution < 1.29 is 0 Å². The molecule has 0 N–H and O–H groups in total. The molecule has 1 fully saturated rings. The van der Waals surface area contributed by atoms with Crippen molar-refractivity contribution in [3.05, 3.63) is 40.0 Å². The van der Waals surface area contributed by atoms with E-state index in [0.29, 0.717) is 5.56 Å². The molecule has 0 radical (unpaired) electrons. The molecule has 2 aromatic heterocycles. The Morgan fingerprint density at radius 1 is 1.24 bits per heavy atom. The molecule has 0 aromatic carbocycles. The molecule has 0 spiro atoms. The summed E-state index contributed by atoms with van der Waals surface area (Å²) in [6.45, 7) is 7.05. The van der Waals surface area contributed by atoms with Gasteiger partial charge in [0.15, 0.2) is 0 Å². The molecule has 3 heterocycles. The van der Waals surface area contributed by atoms with E-state index in [1.54, 1.807) is 17.5 Å². The third-order valence-electron chi connectivity index (χ3n) is 3.79. The van der Waals surface area contributed by atoms with Crippen molar-refractivity contribution in [1.82, 2.24) is 14.9 Å². The van der Waals surface area contributed by atoms with Crippen LogP contribution in [0.15, 0.2) is 23.8 Å². The van der Waals surface area contributed by atoms with E-state index < -0.39 is 0 Å². The van der Waals surface area contributed by atoms with E-state index in [4.69, 9.17) is 5.26 Å². The monoisotopic (exact) mass is 299 g/mol. The number of rotatable bonds is 3. The molecule has 0 bridgehead atoms. The molecule has 0 saturated carbocycles. The summed E-state index contributed by atoms with van der Waals surface area (Å²) in [7, 11) is 0. The average Bonchev–Trinajstić information content (AvgIpc) is 2.93. The van der Waals surface area contributed by atoms with Gasteiger partial charge in [-0.05, 0) is 19.1 Å². The molecule has 6 heteroatoms. The molecule has 1 aliphatic heterocycles. The van der Waals surface area contributed by atoms with Crippen molar-refractivity contribution in [2.45, 2.75) is 13.5 Å². The zero-order valence-electron chi connectivity index (χ0n) is 12.0. The van der Waals surface area contributed by atoms with Crippen LogP contribution in [0.25, 0.3) is 0 Å². The average molecular weight is 299 g/mol. The van der Waals surface area contributed by atoms with E-state index in [0.717, 1.165) is 44.2 Å². The number of nitriles is 1. The molecular weight excluding hydrogens is 282 g/mol. The van der Waals surface area contributed by atoms with Gasteiger partial charge >= 0.3 is 0 Å². The van der Waals surface area contributed by atoms with Crippen molar-refractivity contribution in [3.63, 3.8) is 0 Å². The Balaban J connectivity index is 1.57. The van der Waals surface area contributed by atoms with Crippen LogP contribution in [0.1, 0.15) is 16.1 Å². The lowest BCUT2D eigenvalue weighted by Gasteiger charge is -2.35. The van der Waals surface area contributed by atoms with E-state index >= 15 is 0 Å². The topological polar surface area (TPSA) is 56.1 Å². The Kier molecular flexibility index (Phi) is 4.13. The highest BCUT2D eigenvalue weighted by Gasteiger charge is 2.19. The molecular formula is C15H17N5S. The van der Waals surface area contributed by atoms with E-state index in [1.165, 1.54) is 4.88 Å². The number of hydrogen-bond donors (Lipinski definition) is 0. The predicted octanol–water partition coefficient (Wildman–Crippen LogP) is 2.04. The van der Waals surface area contributed by atoms with Gasteiger partial charge in [-0.25, -0.2) is 9.97 Å². The second-order valence-electron chi connectivity index (χ2n) is 5.14. The number of aromatic nitrogens is 2. The van der Waals surface area contributed by atoms with Crippen LogP contribution in [-0.2, 0) is 6.54 Å². The van der Waals surface area contributed by atoms with Gasteiger partial charge in [0, 0.05) is 43.8 Å². The highest BCUT2D eigenvalue weighted by atomic mass is 32.1. The van der Waals surface area contributed by atoms with Crippen LogP contribution in [0.5, 0.6) is 0 Å². The first-order valence-electron chi connectivity index (χ1n) is 6.98. The van der Waals surface area contributed by atoms with Crippen LogP contribution in [-0.4, -0.2) is 41.0 Å². The fourth-order valence-corrected chi connectivity index (χ4v) is 3.27. The van der Waals surface area contributed by atoms with Gasteiger partial charge in [-0.3, -0.25) is 4.90 Å². The molecule has 0 aliphatic carbocycles. The summed E-state index contributed by atoms with van der Waals surface area (Å²) in [5.74, 6) is 0.961. The van der Waals surface area contributed by atoms with Crippen molar-refractivity contribution in [1.29, 1.82) is 5.26 Å². The molecule has 0 atom stereocenters. The van der Waals surface area contributed by atoms with Gasteiger partial charge < -0.3 is 4.90 Å². The zero-order chi connectivity index (χ0) is 14.7. The maximum Gasteiger partial charge on any atom is 0.128 e. The summed E-state index contributed by atoms with van der Waals surface area (Å²) in [5, 5.41) is 8.80. The minimum absolute atomic E-state index is 0.609. The maximum atomic E-state index is 8.80. The maximum absolute atomic E-state index is 8.80. The minimum Gasteiger partial charge on any atom is -0.354 e. The van der Waals surface area contributed by atoms with Gasteiger partial charge in [-0.1, -0.05) is 0 Å². The third kappa shape index (κ3) is 3.20. The van der Waals surface area contributed by atoms with Gasteiger partial charge in [0.2, 0.25) is 0 Å². The SMILES string of the molecule is Cc1ncsc1CN1CCN(c2ccc(C#N)cn2)CC1. The Bertz CT molecular complexity index is 635. The van der Waals surface area contributed by atoms with Crippen molar-refractivity contribution >= 4 is 17.2 Å². The van der Waals surface area contributed by atoms with Gasteiger partial charge in [0.05, 0.1) is 16.8 Å². The number of nitrogens with zero attached hydrogens (tertiary/aromatic N) is 5. The van der Waals surface area contributed by atoms with Gasteiger partial charge in [0.1, 0.15) is 11.9 Å². The Hall–Kier alpha value is -1.97. The highest BCUT2D eigenvalue weighted by Crippen LogP contribution is 2.18. The van der Waals surface area contributed by atoms with Crippen LogP contribution < -0.4 is 4.90 Å². The van der Waals surface area contributed by atoms with Crippen molar-refractivity contribution in [2.75, 3.05) is 31.1 Å². The van der Waals surface area contributed by atoms with Crippen LogP contribution in [0.4, 0.5) is 5.82 Å². The van der Waals surface area contributed by atoms with Gasteiger partial charge in [-0.15, -0.1) is 11.3 Å². The number of thiazole rings is 1. The van der Waals surface area contributed by atoms with Crippen molar-refractivity contribution in [2.24, 2.45) is 0 Å². The fraction of sp³-hybridized carbons (Fsp3) is 0.400. The molecule has 1 saturated heterocycles. The van der Waals surface area contributed by atoms with Crippen LogP contribution in [0.2, 0.25) is 0 Å². The Morgan fingerprint density at radius 2 is 2.05 bits per heavy atom. The fourth-order valence-electron chi connectivity index (χ4n) is 2.46. The van der Waals surface area contributed by atoms with Crippen LogP contribution >= 0.6 is 11.3 Å². The lowest BCUT2D eigenvalue weighted by Crippen LogP contribution is -2.46. The van der Waals surface area contributed by atoms with Gasteiger partial charge in [-0.2, -0.15) is 5.26 Å². The first kappa shape index (κ1) is 14.0. The molecule has 3 rings (SSSR count). The standard InChI is InChI=1S/C15H17N5S/c1-12-14(21-11-18-12)10-19-4-6-20(7-5-19)15-3-2-13(8-16)9-17-15/h2-3,9,11H,4-7,10H2,1H3. The summed E-state index contributed by atoms with van der Waals surface area (Å²) >= 11 is 1.74. The molecule has 2 aromatic rings. The number of pyridine rings is 1. The molecule has 5 nitrogen and oxygen atoms in total. The lowest BCUT2D eigenvalue weighted by atomic mass is 10.2. The summed E-state index contributed by atoms with van der Waals surface area (Å²) in [6.07, 6.45) is 1.64. The smallest absolute Gasteiger partial charge is 0.128 e. The van der Waals surface area contributed by atoms with E-state index in [-0.39, 0.29) is 0 Å². The molecule has 21 heavy (non-hydrogen) atoms. The number of hydrogen-bond acceptors (Lipinski definition) is 6. The Morgan fingerprint density at radius 3 is 2.62 bits per heavy atom. The van der Waals surface area contributed by atoms with Crippen LogP contribution in [0.3, 0.4) is 0 Å². The minimum atomic E-state index is 0.609. The summed E-state index contributed by atoms with van der Waals surface area (Å²) in [6, 6.07) is 5.86. The zero-order valence-corrected chi connectivity index (χ0v) is 12.8. The molecule has 0 amide bonds. The predicted molar refractivity (Wildman–Crippen MR) is 83.3 cm³/mol. The summed E-state index contributed by atoms with van der Waals surface area (Å²) in [5.41, 5.74) is 3.68. The van der Waals surface area contributed by atoms with E-state index in [9.17, 15) is 0 Å². The quantitative estimate of drug-likeness (QED) is 0.868. The number of aryl methyl sites for hydroxylation is 1. The van der Waals surface area contributed by atoms with Gasteiger partial charge in [0.25, 0.3) is 0 Å². The first-order chi connectivity index (χ1) is 10.3. The highest BCUT2D eigenvalue weighted by molar-refractivity contribution is 7.09. The first-order valence-corrected chi connectivity index (χ1v) is 7.86. The Labute approximate surface area is 128 Å². The van der Waals surface area contributed by atoms with E-state index in [1.807, 2.05) is 17.6 Å². The van der Waals surface area contributed by atoms with Crippen molar-refractivity contribution in [3.8, 4) is 6.07 Å². The summed E-state index contributed by atoms with van der Waals surface area (Å²) < 4.78 is 0. The lowest BCUT2D eigenvalue weighted by molar-refractivity contribution is 0.251. The third-order valence-corrected chi connectivity index (χ3v) is 4.71. The molecule has 108 valence electrons. The second-order valence-corrected chi connectivity index (χ2v) is 6.08. The number of anilines is 1. The summed E-state index contributed by atoms with van der Waals surface area (Å²) in [4.78, 5) is 14.8. The molecule has 1 aliphatic rings. The van der Waals surface area contributed by atoms with Crippen LogP contribution in [0, 0.1) is 18.3 Å². The second kappa shape index (κ2) is 6.20. The largest absolute Gasteiger partial charge is 0.354 e.